The van der Waals surface area contributed by atoms with Crippen molar-refractivity contribution in [3.63, 3.8) is 0 Å². The largest absolute Gasteiger partial charge is 0.480 e. The Morgan fingerprint density at radius 2 is 1.79 bits per heavy atom. The monoisotopic (exact) mass is 399 g/mol. The van der Waals surface area contributed by atoms with Gasteiger partial charge >= 0.3 is 5.97 Å². The van der Waals surface area contributed by atoms with Crippen molar-refractivity contribution in [3.8, 4) is 11.3 Å². The number of fused-ring (bicyclic) bond motifs is 2. The first kappa shape index (κ1) is 18.1. The van der Waals surface area contributed by atoms with Gasteiger partial charge in [-0.05, 0) is 40.8 Å². The molecule has 1 aliphatic rings. The van der Waals surface area contributed by atoms with Gasteiger partial charge in [0, 0.05) is 28.0 Å². The fourth-order valence-corrected chi connectivity index (χ4v) is 5.39. The maximum Gasteiger partial charge on any atom is 0.323 e. The molecule has 5 rings (SSSR count). The second-order valence-corrected chi connectivity index (χ2v) is 8.54. The molecule has 1 aliphatic heterocycles. The van der Waals surface area contributed by atoms with Gasteiger partial charge in [0.25, 0.3) is 0 Å². The number of aromatic nitrogens is 1. The lowest BCUT2D eigenvalue weighted by molar-refractivity contribution is -0.137. The average Bonchev–Trinajstić information content (AvgIpc) is 3.31. The number of carboxylic acids is 1. The van der Waals surface area contributed by atoms with Gasteiger partial charge in [-0.1, -0.05) is 60.7 Å². The van der Waals surface area contributed by atoms with Crippen molar-refractivity contribution in [2.24, 2.45) is 0 Å². The van der Waals surface area contributed by atoms with Gasteiger partial charge < -0.3 is 9.67 Å². The predicted molar refractivity (Wildman–Crippen MR) is 119 cm³/mol. The first-order valence-corrected chi connectivity index (χ1v) is 10.8. The molecule has 3 aromatic carbocycles. The summed E-state index contributed by atoms with van der Waals surface area (Å²) in [5, 5.41) is 10.7. The summed E-state index contributed by atoms with van der Waals surface area (Å²) < 4.78 is 1.95. The molecule has 0 fully saturated rings. The van der Waals surface area contributed by atoms with Crippen molar-refractivity contribution in [2.75, 3.05) is 5.75 Å². The summed E-state index contributed by atoms with van der Waals surface area (Å²) in [6.07, 6.45) is 1.91. The van der Waals surface area contributed by atoms with Crippen LogP contribution < -0.4 is 0 Å². The van der Waals surface area contributed by atoms with Crippen LogP contribution in [0.25, 0.3) is 22.2 Å². The normalized spacial score (nSPS) is 13.0. The molecule has 1 N–H and O–H groups in total. The Bertz CT molecular complexity index is 1210. The maximum atomic E-state index is 11.7. The van der Waals surface area contributed by atoms with Crippen LogP contribution in [0.1, 0.15) is 16.7 Å². The lowest BCUT2D eigenvalue weighted by atomic mass is 9.97. The molecule has 0 aliphatic carbocycles. The quantitative estimate of drug-likeness (QED) is 0.473. The van der Waals surface area contributed by atoms with E-state index in [0.717, 1.165) is 40.8 Å². The van der Waals surface area contributed by atoms with Gasteiger partial charge in [0.05, 0.1) is 5.69 Å². The number of para-hydroxylation sites is 1. The van der Waals surface area contributed by atoms with E-state index in [9.17, 15) is 9.90 Å². The first-order chi connectivity index (χ1) is 14.2. The topological polar surface area (TPSA) is 42.2 Å². The minimum absolute atomic E-state index is 0.0500. The molecule has 0 unspecified atom stereocenters. The molecule has 144 valence electrons. The minimum atomic E-state index is -0.830. The van der Waals surface area contributed by atoms with Crippen LogP contribution in [0.4, 0.5) is 0 Å². The summed E-state index contributed by atoms with van der Waals surface area (Å²) in [6, 6.07) is 25.1. The summed E-state index contributed by atoms with van der Waals surface area (Å²) in [7, 11) is 0. The number of hydrogen-bond acceptors (Lipinski definition) is 2. The van der Waals surface area contributed by atoms with Crippen LogP contribution in [0.5, 0.6) is 0 Å². The number of carboxylic acid groups (broad SMARTS) is 1. The van der Waals surface area contributed by atoms with Gasteiger partial charge in [0.2, 0.25) is 0 Å². The number of rotatable bonds is 5. The Labute approximate surface area is 174 Å². The van der Waals surface area contributed by atoms with Crippen LogP contribution in [0.15, 0.2) is 77.7 Å². The summed E-state index contributed by atoms with van der Waals surface area (Å²) >= 11 is 1.93. The van der Waals surface area contributed by atoms with Crippen molar-refractivity contribution in [1.29, 1.82) is 0 Å². The highest BCUT2D eigenvalue weighted by Crippen LogP contribution is 2.37. The molecule has 4 aromatic rings. The first-order valence-electron chi connectivity index (χ1n) is 9.82. The van der Waals surface area contributed by atoms with E-state index in [1.807, 2.05) is 52.7 Å². The summed E-state index contributed by atoms with van der Waals surface area (Å²) in [6.45, 7) is -0.0500. The third kappa shape index (κ3) is 3.34. The standard InChI is InChI=1S/C25H21NO2S/c27-24(28)16-26-22-9-5-4-8-20(22)21(25(26)18-6-2-1-3-7-18)15-17-10-11-23-19(14-17)12-13-29-23/h1-11,14H,12-13,15-16H2,(H,27,28). The molecule has 0 spiro atoms. The van der Waals surface area contributed by atoms with Crippen LogP contribution >= 0.6 is 11.8 Å². The summed E-state index contributed by atoms with van der Waals surface area (Å²) in [5.41, 5.74) is 6.93. The molecule has 0 saturated carbocycles. The average molecular weight is 400 g/mol. The molecule has 4 heteroatoms. The van der Waals surface area contributed by atoms with E-state index >= 15 is 0 Å². The Morgan fingerprint density at radius 1 is 1.00 bits per heavy atom. The number of carbonyl (C=O) groups is 1. The zero-order chi connectivity index (χ0) is 19.8. The van der Waals surface area contributed by atoms with E-state index in [4.69, 9.17) is 0 Å². The zero-order valence-electron chi connectivity index (χ0n) is 16.0. The number of thioether (sulfide) groups is 1. The maximum absolute atomic E-state index is 11.7. The molecule has 29 heavy (non-hydrogen) atoms. The van der Waals surface area contributed by atoms with Crippen LogP contribution in [0.2, 0.25) is 0 Å². The van der Waals surface area contributed by atoms with Gasteiger partial charge in [-0.3, -0.25) is 4.79 Å². The highest BCUT2D eigenvalue weighted by atomic mass is 32.2. The van der Waals surface area contributed by atoms with Crippen LogP contribution in [-0.4, -0.2) is 21.4 Å². The molecule has 0 bridgehead atoms. The van der Waals surface area contributed by atoms with Crippen LogP contribution in [0.3, 0.4) is 0 Å². The van der Waals surface area contributed by atoms with Crippen molar-refractivity contribution in [3.05, 3.63) is 89.5 Å². The van der Waals surface area contributed by atoms with Gasteiger partial charge in [-0.25, -0.2) is 0 Å². The molecule has 0 radical (unpaired) electrons. The number of aryl methyl sites for hydroxylation is 1. The summed E-state index contributed by atoms with van der Waals surface area (Å²) in [5.74, 6) is 0.329. The number of nitrogens with zero attached hydrogens (tertiary/aromatic N) is 1. The zero-order valence-corrected chi connectivity index (χ0v) is 16.8. The van der Waals surface area contributed by atoms with Crippen LogP contribution in [-0.2, 0) is 24.2 Å². The molecule has 0 saturated heterocycles. The Balaban J connectivity index is 1.72. The van der Waals surface area contributed by atoms with E-state index in [1.54, 1.807) is 0 Å². The van der Waals surface area contributed by atoms with Crippen LogP contribution in [0, 0.1) is 0 Å². The van der Waals surface area contributed by atoms with Crippen molar-refractivity contribution < 1.29 is 9.90 Å². The van der Waals surface area contributed by atoms with Gasteiger partial charge in [-0.15, -0.1) is 11.8 Å². The molecular formula is C25H21NO2S. The number of hydrogen-bond donors (Lipinski definition) is 1. The van der Waals surface area contributed by atoms with Gasteiger partial charge in [0.1, 0.15) is 6.54 Å². The molecular weight excluding hydrogens is 378 g/mol. The second kappa shape index (κ2) is 7.45. The SMILES string of the molecule is O=C(O)Cn1c(-c2ccccc2)c(Cc2ccc3c(c2)CCS3)c2ccccc21. The predicted octanol–water partition coefficient (Wildman–Crippen LogP) is 5.63. The van der Waals surface area contributed by atoms with Crippen molar-refractivity contribution in [1.82, 2.24) is 4.57 Å². The molecule has 3 nitrogen and oxygen atoms in total. The third-order valence-electron chi connectivity index (χ3n) is 5.55. The van der Waals surface area contributed by atoms with Gasteiger partial charge in [-0.2, -0.15) is 0 Å². The van der Waals surface area contributed by atoms with E-state index in [0.29, 0.717) is 0 Å². The van der Waals surface area contributed by atoms with E-state index in [1.165, 1.54) is 21.6 Å². The third-order valence-corrected chi connectivity index (χ3v) is 6.67. The molecule has 0 amide bonds. The fourth-order valence-electron chi connectivity index (χ4n) is 4.33. The Kier molecular flexibility index (Phi) is 4.64. The molecule has 2 heterocycles. The Hall–Kier alpha value is -2.98. The van der Waals surface area contributed by atoms with E-state index < -0.39 is 5.97 Å². The molecule has 1 aromatic heterocycles. The second-order valence-electron chi connectivity index (χ2n) is 7.41. The van der Waals surface area contributed by atoms with Gasteiger partial charge in [0.15, 0.2) is 0 Å². The van der Waals surface area contributed by atoms with E-state index in [-0.39, 0.29) is 6.54 Å². The Morgan fingerprint density at radius 3 is 2.62 bits per heavy atom. The summed E-state index contributed by atoms with van der Waals surface area (Å²) in [4.78, 5) is 13.1. The smallest absolute Gasteiger partial charge is 0.323 e. The highest BCUT2D eigenvalue weighted by Gasteiger charge is 2.21. The number of benzene rings is 3. The van der Waals surface area contributed by atoms with E-state index in [2.05, 4.69) is 36.4 Å². The fraction of sp³-hybridized carbons (Fsp3) is 0.160. The lowest BCUT2D eigenvalue weighted by Crippen LogP contribution is -2.10. The number of aliphatic carboxylic acids is 1. The highest BCUT2D eigenvalue weighted by molar-refractivity contribution is 7.99. The minimum Gasteiger partial charge on any atom is -0.480 e. The van der Waals surface area contributed by atoms with Crippen molar-refractivity contribution in [2.45, 2.75) is 24.3 Å². The lowest BCUT2D eigenvalue weighted by Gasteiger charge is -2.12. The molecule has 0 atom stereocenters. The van der Waals surface area contributed by atoms with Crippen molar-refractivity contribution >= 4 is 28.6 Å².